The molecule has 0 atom stereocenters. The first kappa shape index (κ1) is 17.4. The highest BCUT2D eigenvalue weighted by Gasteiger charge is 2.21. The Morgan fingerprint density at radius 2 is 2.08 bits per heavy atom. The average Bonchev–Trinajstić information content (AvgIpc) is 3.08. The number of carbonyl (C=O) groups is 1. The number of aryl methyl sites for hydroxylation is 2. The number of carbonyl (C=O) groups excluding carboxylic acids is 1. The van der Waals surface area contributed by atoms with Crippen LogP contribution in [0.3, 0.4) is 0 Å². The van der Waals surface area contributed by atoms with E-state index < -0.39 is 0 Å². The monoisotopic (exact) mass is 344 g/mol. The Hall–Kier alpha value is -2.41. The number of nitrogens with zero attached hydrogens (tertiary/aromatic N) is 2. The van der Waals surface area contributed by atoms with Gasteiger partial charge in [0, 0.05) is 23.7 Å². The van der Waals surface area contributed by atoms with E-state index in [-0.39, 0.29) is 18.2 Å². The molecule has 7 heteroatoms. The maximum absolute atomic E-state index is 12.3. The van der Waals surface area contributed by atoms with Crippen LogP contribution in [0.5, 0.6) is 0 Å². The number of hydrogen-bond acceptors (Lipinski definition) is 5. The zero-order chi connectivity index (χ0) is 17.8. The van der Waals surface area contributed by atoms with E-state index in [1.807, 2.05) is 32.0 Å². The van der Waals surface area contributed by atoms with Gasteiger partial charge in [-0.1, -0.05) is 18.1 Å². The summed E-state index contributed by atoms with van der Waals surface area (Å²) in [5.74, 6) is 1.10. The maximum Gasteiger partial charge on any atom is 0.319 e. The molecule has 0 bridgehead atoms. The number of nitrogens with one attached hydrogen (secondary N) is 2. The maximum atomic E-state index is 12.3. The summed E-state index contributed by atoms with van der Waals surface area (Å²) < 4.78 is 5.26. The van der Waals surface area contributed by atoms with Crippen LogP contribution in [-0.4, -0.2) is 33.4 Å². The first-order valence-electron chi connectivity index (χ1n) is 8.74. The third-order valence-corrected chi connectivity index (χ3v) is 4.55. The summed E-state index contributed by atoms with van der Waals surface area (Å²) in [6, 6.07) is 5.52. The fraction of sp³-hybridized carbons (Fsp3) is 0.500. The Balaban J connectivity index is 1.67. The van der Waals surface area contributed by atoms with Crippen molar-refractivity contribution in [2.45, 2.75) is 58.1 Å². The lowest BCUT2D eigenvalue weighted by Crippen LogP contribution is -2.41. The van der Waals surface area contributed by atoms with Crippen molar-refractivity contribution < 1.29 is 14.4 Å². The summed E-state index contributed by atoms with van der Waals surface area (Å²) in [4.78, 5) is 16.6. The predicted octanol–water partition coefficient (Wildman–Crippen LogP) is 3.03. The molecule has 1 aromatic heterocycles. The van der Waals surface area contributed by atoms with E-state index in [4.69, 9.17) is 4.52 Å². The Bertz CT molecular complexity index is 736. The minimum atomic E-state index is -0.235. The smallest absolute Gasteiger partial charge is 0.319 e. The number of urea groups is 1. The number of aliphatic hydroxyl groups is 1. The topological polar surface area (TPSA) is 100 Å². The minimum Gasteiger partial charge on any atom is -0.393 e. The summed E-state index contributed by atoms with van der Waals surface area (Å²) in [6.07, 6.45) is 3.54. The lowest BCUT2D eigenvalue weighted by molar-refractivity contribution is 0.118. The van der Waals surface area contributed by atoms with Crippen LogP contribution in [0, 0.1) is 6.92 Å². The van der Waals surface area contributed by atoms with Gasteiger partial charge in [0.15, 0.2) is 5.82 Å². The Morgan fingerprint density at radius 3 is 2.76 bits per heavy atom. The zero-order valence-electron chi connectivity index (χ0n) is 14.6. The number of hydrogen-bond donors (Lipinski definition) is 3. The van der Waals surface area contributed by atoms with E-state index in [0.717, 1.165) is 36.8 Å². The van der Waals surface area contributed by atoms with Gasteiger partial charge in [-0.15, -0.1) is 0 Å². The van der Waals surface area contributed by atoms with Crippen molar-refractivity contribution in [3.05, 3.63) is 29.6 Å². The van der Waals surface area contributed by atoms with Crippen molar-refractivity contribution in [2.75, 3.05) is 5.32 Å². The van der Waals surface area contributed by atoms with Crippen molar-refractivity contribution in [1.82, 2.24) is 15.5 Å². The summed E-state index contributed by atoms with van der Waals surface area (Å²) in [5, 5.41) is 19.3. The number of rotatable bonds is 4. The van der Waals surface area contributed by atoms with Gasteiger partial charge in [-0.3, -0.25) is 0 Å². The molecule has 1 aromatic carbocycles. The van der Waals surface area contributed by atoms with E-state index in [1.54, 1.807) is 0 Å². The molecule has 1 fully saturated rings. The quantitative estimate of drug-likeness (QED) is 0.791. The summed E-state index contributed by atoms with van der Waals surface area (Å²) in [7, 11) is 0. The molecule has 0 spiro atoms. The molecule has 3 N–H and O–H groups in total. The van der Waals surface area contributed by atoms with Crippen molar-refractivity contribution in [3.63, 3.8) is 0 Å². The highest BCUT2D eigenvalue weighted by atomic mass is 16.5. The molecular formula is C18H24N4O3. The average molecular weight is 344 g/mol. The second kappa shape index (κ2) is 7.65. The molecule has 25 heavy (non-hydrogen) atoms. The first-order valence-corrected chi connectivity index (χ1v) is 8.74. The predicted molar refractivity (Wildman–Crippen MR) is 94.3 cm³/mol. The van der Waals surface area contributed by atoms with E-state index in [0.29, 0.717) is 23.8 Å². The third-order valence-electron chi connectivity index (χ3n) is 4.55. The van der Waals surface area contributed by atoms with Gasteiger partial charge >= 0.3 is 6.03 Å². The fourth-order valence-corrected chi connectivity index (χ4v) is 2.97. The Labute approximate surface area is 146 Å². The van der Waals surface area contributed by atoms with Gasteiger partial charge < -0.3 is 20.3 Å². The van der Waals surface area contributed by atoms with Crippen LogP contribution in [-0.2, 0) is 6.42 Å². The minimum absolute atomic E-state index is 0.106. The van der Waals surface area contributed by atoms with E-state index in [1.165, 1.54) is 0 Å². The second-order valence-corrected chi connectivity index (χ2v) is 6.50. The van der Waals surface area contributed by atoms with Crippen molar-refractivity contribution in [1.29, 1.82) is 0 Å². The molecule has 2 amide bonds. The molecule has 0 unspecified atom stereocenters. The second-order valence-electron chi connectivity index (χ2n) is 6.50. The lowest BCUT2D eigenvalue weighted by Gasteiger charge is -2.26. The van der Waals surface area contributed by atoms with E-state index >= 15 is 0 Å². The molecule has 7 nitrogen and oxygen atoms in total. The molecule has 1 saturated carbocycles. The van der Waals surface area contributed by atoms with Crippen LogP contribution < -0.4 is 10.6 Å². The Morgan fingerprint density at radius 1 is 1.32 bits per heavy atom. The van der Waals surface area contributed by atoms with E-state index in [2.05, 4.69) is 20.8 Å². The summed E-state index contributed by atoms with van der Waals surface area (Å²) >= 11 is 0. The number of aromatic nitrogens is 2. The first-order chi connectivity index (χ1) is 12.0. The van der Waals surface area contributed by atoms with Gasteiger partial charge in [-0.25, -0.2) is 4.79 Å². The highest BCUT2D eigenvalue weighted by Crippen LogP contribution is 2.25. The van der Waals surface area contributed by atoms with Gasteiger partial charge in [0.25, 0.3) is 5.89 Å². The van der Waals surface area contributed by atoms with Crippen molar-refractivity contribution in [2.24, 2.45) is 0 Å². The van der Waals surface area contributed by atoms with Gasteiger partial charge in [-0.2, -0.15) is 4.98 Å². The third kappa shape index (κ3) is 4.36. The summed E-state index contributed by atoms with van der Waals surface area (Å²) in [6.45, 7) is 3.90. The molecular weight excluding hydrogens is 320 g/mol. The van der Waals surface area contributed by atoms with Crippen LogP contribution in [0.4, 0.5) is 10.5 Å². The van der Waals surface area contributed by atoms with Crippen molar-refractivity contribution >= 4 is 11.7 Å². The lowest BCUT2D eigenvalue weighted by atomic mass is 9.93. The number of aliphatic hydroxyl groups excluding tert-OH is 1. The van der Waals surface area contributed by atoms with Crippen LogP contribution in [0.25, 0.3) is 11.5 Å². The normalized spacial score (nSPS) is 20.3. The molecule has 0 aliphatic heterocycles. The fourth-order valence-electron chi connectivity index (χ4n) is 2.97. The molecule has 1 heterocycles. The molecule has 0 radical (unpaired) electrons. The van der Waals surface area contributed by atoms with Gasteiger partial charge in [0.1, 0.15) is 0 Å². The van der Waals surface area contributed by atoms with Crippen LogP contribution in [0.2, 0.25) is 0 Å². The zero-order valence-corrected chi connectivity index (χ0v) is 14.6. The van der Waals surface area contributed by atoms with Gasteiger partial charge in [0.05, 0.1) is 6.10 Å². The van der Waals surface area contributed by atoms with Crippen molar-refractivity contribution in [3.8, 4) is 11.5 Å². The molecule has 0 saturated heterocycles. The molecule has 3 rings (SSSR count). The molecule has 134 valence electrons. The van der Waals surface area contributed by atoms with Gasteiger partial charge in [-0.05, 0) is 50.3 Å². The SMILES string of the molecule is CCc1noc(-c2ccc(C)c(NC(=O)NC3CCC(O)CC3)c2)n1. The molecule has 1 aliphatic rings. The molecule has 2 aromatic rings. The van der Waals surface area contributed by atoms with Gasteiger partial charge in [0.2, 0.25) is 0 Å². The Kier molecular flexibility index (Phi) is 5.33. The molecule has 1 aliphatic carbocycles. The van der Waals surface area contributed by atoms with Crippen LogP contribution >= 0.6 is 0 Å². The largest absolute Gasteiger partial charge is 0.393 e. The number of anilines is 1. The number of benzene rings is 1. The summed E-state index contributed by atoms with van der Waals surface area (Å²) in [5.41, 5.74) is 2.43. The van der Waals surface area contributed by atoms with Crippen LogP contribution in [0.15, 0.2) is 22.7 Å². The van der Waals surface area contributed by atoms with E-state index in [9.17, 15) is 9.90 Å². The van der Waals surface area contributed by atoms with Crippen LogP contribution in [0.1, 0.15) is 44.0 Å². The standard InChI is InChI=1S/C18H24N4O3/c1-3-16-21-17(25-22-16)12-5-4-11(2)15(10-12)20-18(24)19-13-6-8-14(23)9-7-13/h4-5,10,13-14,23H,3,6-9H2,1-2H3,(H2,19,20,24). The highest BCUT2D eigenvalue weighted by molar-refractivity contribution is 5.91. The number of amides is 2.